The van der Waals surface area contributed by atoms with Crippen molar-refractivity contribution in [2.45, 2.75) is 44.0 Å². The third-order valence-electron chi connectivity index (χ3n) is 3.64. The van der Waals surface area contributed by atoms with Crippen LogP contribution in [-0.2, 0) is 10.0 Å². The highest BCUT2D eigenvalue weighted by Crippen LogP contribution is 2.34. The van der Waals surface area contributed by atoms with Gasteiger partial charge in [0.15, 0.2) is 0 Å². The highest BCUT2D eigenvalue weighted by molar-refractivity contribution is 7.89. The molecule has 2 unspecified atom stereocenters. The van der Waals surface area contributed by atoms with Crippen molar-refractivity contribution in [2.24, 2.45) is 5.92 Å². The van der Waals surface area contributed by atoms with Gasteiger partial charge in [-0.3, -0.25) is 0 Å². The zero-order valence-electron chi connectivity index (χ0n) is 12.4. The van der Waals surface area contributed by atoms with E-state index in [1.165, 1.54) is 0 Å². The van der Waals surface area contributed by atoms with Gasteiger partial charge in [0.25, 0.3) is 0 Å². The van der Waals surface area contributed by atoms with Gasteiger partial charge in [-0.05, 0) is 37.0 Å². The van der Waals surface area contributed by atoms with Gasteiger partial charge in [-0.2, -0.15) is 0 Å². The van der Waals surface area contributed by atoms with Gasteiger partial charge < -0.3 is 5.11 Å². The Bertz CT molecular complexity index is 670. The molecule has 1 aliphatic carbocycles. The van der Waals surface area contributed by atoms with E-state index in [0.29, 0.717) is 17.9 Å². The molecule has 1 aromatic carbocycles. The Balaban J connectivity index is 2.28. The number of aliphatic hydroxyl groups is 1. The third kappa shape index (κ3) is 4.07. The topological polar surface area (TPSA) is 66.4 Å². The summed E-state index contributed by atoms with van der Waals surface area (Å²) in [6, 6.07) is 5.20. The molecule has 1 saturated carbocycles. The molecule has 0 heterocycles. The Kier molecular flexibility index (Phi) is 5.04. The van der Waals surface area contributed by atoms with Crippen molar-refractivity contribution in [3.05, 3.63) is 29.3 Å². The van der Waals surface area contributed by atoms with Crippen LogP contribution in [-0.4, -0.2) is 26.2 Å². The first kappa shape index (κ1) is 16.0. The van der Waals surface area contributed by atoms with Crippen LogP contribution in [0.4, 0.5) is 0 Å². The van der Waals surface area contributed by atoms with Crippen molar-refractivity contribution >= 4 is 10.0 Å². The van der Waals surface area contributed by atoms with Crippen LogP contribution in [0.3, 0.4) is 0 Å². The van der Waals surface area contributed by atoms with Crippen molar-refractivity contribution in [1.82, 2.24) is 4.72 Å². The van der Waals surface area contributed by atoms with Crippen LogP contribution in [0, 0.1) is 24.7 Å². The van der Waals surface area contributed by atoms with Crippen molar-refractivity contribution in [2.75, 3.05) is 6.61 Å². The molecule has 0 aromatic heterocycles. The van der Waals surface area contributed by atoms with Crippen LogP contribution in [0.5, 0.6) is 0 Å². The van der Waals surface area contributed by atoms with Crippen molar-refractivity contribution in [3.8, 4) is 11.8 Å². The molecule has 4 nitrogen and oxygen atoms in total. The Hall–Kier alpha value is -1.35. The van der Waals surface area contributed by atoms with Gasteiger partial charge in [-0.25, -0.2) is 13.1 Å². The normalized spacial score (nSPS) is 20.7. The molecule has 1 aromatic rings. The van der Waals surface area contributed by atoms with E-state index < -0.39 is 10.0 Å². The lowest BCUT2D eigenvalue weighted by Crippen LogP contribution is -2.27. The lowest BCUT2D eigenvalue weighted by Gasteiger charge is -2.09. The van der Waals surface area contributed by atoms with Crippen LogP contribution in [0.2, 0.25) is 0 Å². The Labute approximate surface area is 126 Å². The van der Waals surface area contributed by atoms with E-state index in [9.17, 15) is 8.42 Å². The fraction of sp³-hybridized carbons (Fsp3) is 0.500. The Morgan fingerprint density at radius 2 is 2.19 bits per heavy atom. The molecule has 0 saturated heterocycles. The summed E-state index contributed by atoms with van der Waals surface area (Å²) in [5, 5.41) is 8.78. The number of nitrogens with one attached hydrogen (secondary N) is 1. The number of sulfonamides is 1. The van der Waals surface area contributed by atoms with E-state index in [1.54, 1.807) is 18.2 Å². The van der Waals surface area contributed by atoms with E-state index in [2.05, 4.69) is 23.5 Å². The molecule has 0 bridgehead atoms. The van der Waals surface area contributed by atoms with E-state index in [-0.39, 0.29) is 17.5 Å². The SMILES string of the molecule is CCC1CC1NS(=O)(=O)c1ccc(C)cc1C#CCCO. The summed E-state index contributed by atoms with van der Waals surface area (Å²) in [5.41, 5.74) is 1.45. The summed E-state index contributed by atoms with van der Waals surface area (Å²) in [6.07, 6.45) is 2.23. The number of aliphatic hydroxyl groups excluding tert-OH is 1. The Morgan fingerprint density at radius 3 is 2.81 bits per heavy atom. The zero-order chi connectivity index (χ0) is 15.5. The standard InChI is InChI=1S/C16H21NO3S/c1-3-13-11-15(13)17-21(19,20)16-8-7-12(2)10-14(16)6-4-5-9-18/h7-8,10,13,15,17-18H,3,5,9,11H2,1-2H3. The average molecular weight is 307 g/mol. The fourth-order valence-electron chi connectivity index (χ4n) is 2.30. The van der Waals surface area contributed by atoms with Gasteiger partial charge in [0.2, 0.25) is 10.0 Å². The predicted octanol–water partition coefficient (Wildman–Crippen LogP) is 1.81. The monoisotopic (exact) mass is 307 g/mol. The second kappa shape index (κ2) is 6.61. The second-order valence-corrected chi connectivity index (χ2v) is 7.09. The van der Waals surface area contributed by atoms with Crippen LogP contribution in [0.25, 0.3) is 0 Å². The molecule has 1 aliphatic rings. The molecule has 0 aliphatic heterocycles. The lowest BCUT2D eigenvalue weighted by atomic mass is 10.1. The molecule has 0 amide bonds. The van der Waals surface area contributed by atoms with E-state index in [0.717, 1.165) is 18.4 Å². The van der Waals surface area contributed by atoms with Gasteiger partial charge in [0.05, 0.1) is 11.5 Å². The van der Waals surface area contributed by atoms with Gasteiger partial charge >= 0.3 is 0 Å². The maximum atomic E-state index is 12.5. The number of rotatable bonds is 5. The average Bonchev–Trinajstić information content (AvgIpc) is 3.16. The first-order valence-electron chi connectivity index (χ1n) is 7.20. The van der Waals surface area contributed by atoms with E-state index >= 15 is 0 Å². The third-order valence-corrected chi connectivity index (χ3v) is 5.19. The fourth-order valence-corrected chi connectivity index (χ4v) is 3.76. The molecule has 1 fully saturated rings. The number of hydrogen-bond donors (Lipinski definition) is 2. The molecule has 2 rings (SSSR count). The molecule has 5 heteroatoms. The Morgan fingerprint density at radius 1 is 1.43 bits per heavy atom. The second-order valence-electron chi connectivity index (χ2n) is 5.41. The minimum atomic E-state index is -3.54. The highest BCUT2D eigenvalue weighted by atomic mass is 32.2. The van der Waals surface area contributed by atoms with E-state index in [4.69, 9.17) is 5.11 Å². The molecule has 0 radical (unpaired) electrons. The van der Waals surface area contributed by atoms with Crippen LogP contribution in [0.15, 0.2) is 23.1 Å². The molecular formula is C16H21NO3S. The lowest BCUT2D eigenvalue weighted by molar-refractivity contribution is 0.305. The van der Waals surface area contributed by atoms with Gasteiger partial charge in [-0.1, -0.05) is 31.3 Å². The molecular weight excluding hydrogens is 286 g/mol. The van der Waals surface area contributed by atoms with Gasteiger partial charge in [0, 0.05) is 18.0 Å². The highest BCUT2D eigenvalue weighted by Gasteiger charge is 2.39. The first-order valence-corrected chi connectivity index (χ1v) is 8.69. The summed E-state index contributed by atoms with van der Waals surface area (Å²) < 4.78 is 27.7. The summed E-state index contributed by atoms with van der Waals surface area (Å²) in [4.78, 5) is 0.222. The molecule has 2 N–H and O–H groups in total. The largest absolute Gasteiger partial charge is 0.395 e. The minimum Gasteiger partial charge on any atom is -0.395 e. The number of benzene rings is 1. The predicted molar refractivity (Wildman–Crippen MR) is 82.3 cm³/mol. The van der Waals surface area contributed by atoms with Crippen molar-refractivity contribution < 1.29 is 13.5 Å². The van der Waals surface area contributed by atoms with Gasteiger partial charge in [-0.15, -0.1) is 0 Å². The zero-order valence-corrected chi connectivity index (χ0v) is 13.2. The smallest absolute Gasteiger partial charge is 0.242 e. The maximum absolute atomic E-state index is 12.5. The van der Waals surface area contributed by atoms with Gasteiger partial charge in [0.1, 0.15) is 0 Å². The van der Waals surface area contributed by atoms with Crippen molar-refractivity contribution in [3.63, 3.8) is 0 Å². The summed E-state index contributed by atoms with van der Waals surface area (Å²) in [6.45, 7) is 3.94. The first-order chi connectivity index (χ1) is 9.97. The number of aryl methyl sites for hydroxylation is 1. The molecule has 0 spiro atoms. The van der Waals surface area contributed by atoms with Crippen LogP contribution < -0.4 is 4.72 Å². The van der Waals surface area contributed by atoms with Crippen molar-refractivity contribution in [1.29, 1.82) is 0 Å². The number of hydrogen-bond acceptors (Lipinski definition) is 3. The quantitative estimate of drug-likeness (QED) is 0.815. The summed E-state index contributed by atoms with van der Waals surface area (Å²) >= 11 is 0. The molecule has 21 heavy (non-hydrogen) atoms. The molecule has 2 atom stereocenters. The maximum Gasteiger partial charge on any atom is 0.242 e. The van der Waals surface area contributed by atoms with Crippen LogP contribution in [0.1, 0.15) is 37.3 Å². The van der Waals surface area contributed by atoms with Crippen LogP contribution >= 0.6 is 0 Å². The summed E-state index contributed by atoms with van der Waals surface area (Å²) in [7, 11) is -3.54. The minimum absolute atomic E-state index is 0.0284. The summed E-state index contributed by atoms with van der Waals surface area (Å²) in [5.74, 6) is 6.09. The van der Waals surface area contributed by atoms with E-state index in [1.807, 2.05) is 6.92 Å². The molecule has 114 valence electrons.